The molecule has 0 bridgehead atoms. The number of carbonyl (C=O) groups excluding carboxylic acids is 2. The lowest BCUT2D eigenvalue weighted by Gasteiger charge is -2.09. The number of hydrogen-bond donors (Lipinski definition) is 2. The number of ether oxygens (including phenoxy) is 1. The minimum Gasteiger partial charge on any atom is -0.496 e. The molecular formula is C22H26N2O3. The van der Waals surface area contributed by atoms with Crippen LogP contribution in [-0.4, -0.2) is 25.0 Å². The quantitative estimate of drug-likeness (QED) is 0.734. The first-order valence-corrected chi connectivity index (χ1v) is 8.89. The molecule has 0 fully saturated rings. The molecular weight excluding hydrogens is 340 g/mol. The normalized spacial score (nSPS) is 10.9. The Morgan fingerprint density at radius 2 is 1.81 bits per heavy atom. The third-order valence-corrected chi connectivity index (χ3v) is 3.84. The fraction of sp³-hybridized carbons (Fsp3) is 0.273. The number of rotatable bonds is 7. The molecule has 0 unspecified atom stereocenters. The van der Waals surface area contributed by atoms with Crippen molar-refractivity contribution in [1.82, 2.24) is 5.32 Å². The lowest BCUT2D eigenvalue weighted by molar-refractivity contribution is -0.121. The molecule has 0 spiro atoms. The molecule has 142 valence electrons. The minimum atomic E-state index is -0.233. The summed E-state index contributed by atoms with van der Waals surface area (Å²) in [6.45, 7) is 5.84. The highest BCUT2D eigenvalue weighted by Gasteiger charge is 2.06. The summed E-state index contributed by atoms with van der Waals surface area (Å²) in [5.41, 5.74) is 3.51. The molecule has 0 atom stereocenters. The van der Waals surface area contributed by atoms with E-state index in [9.17, 15) is 9.59 Å². The molecule has 27 heavy (non-hydrogen) atoms. The zero-order valence-corrected chi connectivity index (χ0v) is 16.2. The summed E-state index contributed by atoms with van der Waals surface area (Å²) < 4.78 is 5.30. The van der Waals surface area contributed by atoms with Gasteiger partial charge in [-0.15, -0.1) is 0 Å². The minimum absolute atomic E-state index is 0.0168. The monoisotopic (exact) mass is 366 g/mol. The van der Waals surface area contributed by atoms with E-state index >= 15 is 0 Å². The van der Waals surface area contributed by atoms with Gasteiger partial charge in [0.15, 0.2) is 0 Å². The molecule has 2 aromatic carbocycles. The van der Waals surface area contributed by atoms with E-state index in [1.54, 1.807) is 25.3 Å². The number of anilines is 1. The third-order valence-electron chi connectivity index (χ3n) is 3.84. The second-order valence-electron chi connectivity index (χ2n) is 6.66. The summed E-state index contributed by atoms with van der Waals surface area (Å²) in [7, 11) is 1.60. The Balaban J connectivity index is 1.96. The Hall–Kier alpha value is -3.08. The Labute approximate surface area is 160 Å². The second kappa shape index (κ2) is 9.57. The van der Waals surface area contributed by atoms with Crippen LogP contribution < -0.4 is 15.4 Å². The summed E-state index contributed by atoms with van der Waals surface area (Å²) in [5, 5.41) is 5.67. The van der Waals surface area contributed by atoms with Gasteiger partial charge in [0.05, 0.1) is 13.5 Å². The number of hydrogen-bond acceptors (Lipinski definition) is 3. The highest BCUT2D eigenvalue weighted by Crippen LogP contribution is 2.21. The van der Waals surface area contributed by atoms with Gasteiger partial charge in [-0.2, -0.15) is 0 Å². The lowest BCUT2D eigenvalue weighted by Crippen LogP contribution is -2.31. The van der Waals surface area contributed by atoms with Crippen LogP contribution in [-0.2, 0) is 16.0 Å². The maximum absolute atomic E-state index is 12.2. The van der Waals surface area contributed by atoms with Gasteiger partial charge < -0.3 is 15.4 Å². The van der Waals surface area contributed by atoms with Crippen LogP contribution in [0.3, 0.4) is 0 Å². The summed E-state index contributed by atoms with van der Waals surface area (Å²) in [4.78, 5) is 23.9. The van der Waals surface area contributed by atoms with E-state index in [0.29, 0.717) is 17.9 Å². The van der Waals surface area contributed by atoms with Crippen molar-refractivity contribution >= 4 is 23.6 Å². The van der Waals surface area contributed by atoms with Crippen molar-refractivity contribution < 1.29 is 14.3 Å². The van der Waals surface area contributed by atoms with E-state index in [1.165, 1.54) is 6.08 Å². The van der Waals surface area contributed by atoms with Crippen molar-refractivity contribution in [1.29, 1.82) is 0 Å². The van der Waals surface area contributed by atoms with Gasteiger partial charge in [-0.05, 0) is 56.7 Å². The molecule has 0 saturated heterocycles. The van der Waals surface area contributed by atoms with Gasteiger partial charge in [0, 0.05) is 23.4 Å². The van der Waals surface area contributed by atoms with E-state index in [0.717, 1.165) is 16.7 Å². The van der Waals surface area contributed by atoms with Crippen LogP contribution in [0.15, 0.2) is 48.5 Å². The second-order valence-corrected chi connectivity index (χ2v) is 6.66. The summed E-state index contributed by atoms with van der Waals surface area (Å²) in [6, 6.07) is 13.2. The van der Waals surface area contributed by atoms with Gasteiger partial charge >= 0.3 is 0 Å². The van der Waals surface area contributed by atoms with Crippen molar-refractivity contribution in [2.24, 2.45) is 0 Å². The molecule has 2 rings (SSSR count). The fourth-order valence-corrected chi connectivity index (χ4v) is 2.60. The van der Waals surface area contributed by atoms with Gasteiger partial charge in [-0.1, -0.05) is 23.8 Å². The molecule has 0 aliphatic heterocycles. The zero-order chi connectivity index (χ0) is 19.8. The first-order chi connectivity index (χ1) is 12.9. The number of aryl methyl sites for hydroxylation is 1. The van der Waals surface area contributed by atoms with Gasteiger partial charge in [0.1, 0.15) is 5.75 Å². The molecule has 5 heteroatoms. The number of nitrogens with one attached hydrogen (secondary N) is 2. The van der Waals surface area contributed by atoms with Crippen LogP contribution in [0.1, 0.15) is 30.5 Å². The van der Waals surface area contributed by atoms with Crippen molar-refractivity contribution in [3.63, 3.8) is 0 Å². The van der Waals surface area contributed by atoms with E-state index in [-0.39, 0.29) is 17.9 Å². The molecule has 0 radical (unpaired) electrons. The average molecular weight is 366 g/mol. The largest absolute Gasteiger partial charge is 0.496 e. The SMILES string of the molecule is COc1ccc(C)cc1/C=C/C(=O)Nc1ccc(CC(=O)NC(C)C)cc1. The predicted molar refractivity (Wildman–Crippen MR) is 109 cm³/mol. The summed E-state index contributed by atoms with van der Waals surface area (Å²) in [6.07, 6.45) is 3.52. The summed E-state index contributed by atoms with van der Waals surface area (Å²) in [5.74, 6) is 0.467. The first kappa shape index (κ1) is 20.2. The third kappa shape index (κ3) is 6.62. The first-order valence-electron chi connectivity index (χ1n) is 8.89. The van der Waals surface area contributed by atoms with Gasteiger partial charge in [0.25, 0.3) is 0 Å². The topological polar surface area (TPSA) is 67.4 Å². The van der Waals surface area contributed by atoms with Crippen molar-refractivity contribution in [3.05, 3.63) is 65.2 Å². The Morgan fingerprint density at radius 3 is 2.44 bits per heavy atom. The Morgan fingerprint density at radius 1 is 1.11 bits per heavy atom. The van der Waals surface area contributed by atoms with Crippen LogP contribution in [0.2, 0.25) is 0 Å². The van der Waals surface area contributed by atoms with Crippen molar-refractivity contribution in [3.8, 4) is 5.75 Å². The Kier molecular flexibility index (Phi) is 7.17. The van der Waals surface area contributed by atoms with E-state index in [4.69, 9.17) is 4.74 Å². The average Bonchev–Trinajstić information content (AvgIpc) is 2.61. The van der Waals surface area contributed by atoms with Gasteiger partial charge in [0.2, 0.25) is 11.8 Å². The van der Waals surface area contributed by atoms with E-state index < -0.39 is 0 Å². The summed E-state index contributed by atoms with van der Waals surface area (Å²) >= 11 is 0. The molecule has 2 amide bonds. The molecule has 2 aromatic rings. The fourth-order valence-electron chi connectivity index (χ4n) is 2.60. The number of carbonyl (C=O) groups is 2. The van der Waals surface area contributed by atoms with Crippen molar-refractivity contribution in [2.45, 2.75) is 33.2 Å². The molecule has 0 aliphatic carbocycles. The number of methoxy groups -OCH3 is 1. The number of benzene rings is 2. The Bertz CT molecular complexity index is 824. The molecule has 0 aromatic heterocycles. The van der Waals surface area contributed by atoms with Crippen LogP contribution in [0.4, 0.5) is 5.69 Å². The van der Waals surface area contributed by atoms with E-state index in [1.807, 2.05) is 51.1 Å². The molecule has 0 heterocycles. The van der Waals surface area contributed by atoms with Crippen LogP contribution in [0.25, 0.3) is 6.08 Å². The molecule has 0 saturated carbocycles. The maximum atomic E-state index is 12.2. The van der Waals surface area contributed by atoms with Crippen molar-refractivity contribution in [2.75, 3.05) is 12.4 Å². The van der Waals surface area contributed by atoms with Gasteiger partial charge in [-0.3, -0.25) is 9.59 Å². The molecule has 5 nitrogen and oxygen atoms in total. The maximum Gasteiger partial charge on any atom is 0.248 e. The standard InChI is InChI=1S/C22H26N2O3/c1-15(2)23-22(26)14-17-6-9-19(10-7-17)24-21(25)12-8-18-13-16(3)5-11-20(18)27-4/h5-13,15H,14H2,1-4H3,(H,23,26)(H,24,25)/b12-8+. The smallest absolute Gasteiger partial charge is 0.248 e. The number of amides is 2. The highest BCUT2D eigenvalue weighted by molar-refractivity contribution is 6.02. The molecule has 2 N–H and O–H groups in total. The predicted octanol–water partition coefficient (Wildman–Crippen LogP) is 3.72. The zero-order valence-electron chi connectivity index (χ0n) is 16.2. The van der Waals surface area contributed by atoms with Crippen LogP contribution in [0.5, 0.6) is 5.75 Å². The van der Waals surface area contributed by atoms with E-state index in [2.05, 4.69) is 10.6 Å². The lowest BCUT2D eigenvalue weighted by atomic mass is 10.1. The highest BCUT2D eigenvalue weighted by atomic mass is 16.5. The van der Waals surface area contributed by atoms with Crippen LogP contribution >= 0.6 is 0 Å². The van der Waals surface area contributed by atoms with Crippen LogP contribution in [0, 0.1) is 6.92 Å². The van der Waals surface area contributed by atoms with Gasteiger partial charge in [-0.25, -0.2) is 0 Å². The molecule has 0 aliphatic rings.